The molecule has 336 valence electrons. The summed E-state index contributed by atoms with van der Waals surface area (Å²) in [7, 11) is 4.09. The fourth-order valence-electron chi connectivity index (χ4n) is 9.84. The summed E-state index contributed by atoms with van der Waals surface area (Å²) in [6.45, 7) is 0. The minimum absolute atomic E-state index is 0.124. The van der Waals surface area contributed by atoms with Gasteiger partial charge in [-0.3, -0.25) is 9.13 Å². The second kappa shape index (κ2) is 16.0. The lowest BCUT2D eigenvalue weighted by atomic mass is 9.68. The van der Waals surface area contributed by atoms with Gasteiger partial charge in [-0.25, -0.2) is 29.9 Å². The molecule has 12 rings (SSSR count). The van der Waals surface area contributed by atoms with Gasteiger partial charge in [-0.2, -0.15) is 0 Å². The van der Waals surface area contributed by atoms with Crippen LogP contribution in [0.5, 0.6) is 0 Å². The van der Waals surface area contributed by atoms with Gasteiger partial charge in [0, 0.05) is 78.7 Å². The lowest BCUT2D eigenvalue weighted by Crippen LogP contribution is -2.59. The Labute approximate surface area is 393 Å². The maximum atomic E-state index is 7.43. The summed E-state index contributed by atoms with van der Waals surface area (Å²) >= 11 is 0. The number of rotatable bonds is 11. The molecule has 0 spiro atoms. The molecule has 2 aliphatic rings. The second-order valence-corrected chi connectivity index (χ2v) is 18.4. The van der Waals surface area contributed by atoms with Gasteiger partial charge >= 0.3 is 0 Å². The van der Waals surface area contributed by atoms with E-state index in [9.17, 15) is 0 Å². The van der Waals surface area contributed by atoms with Crippen LogP contribution in [0.25, 0.3) is 79.0 Å². The van der Waals surface area contributed by atoms with Gasteiger partial charge in [0.05, 0.1) is 28.1 Å². The molecule has 14 nitrogen and oxygen atoms in total. The molecule has 0 amide bonds. The summed E-state index contributed by atoms with van der Waals surface area (Å²) in [6.07, 6.45) is 12.1. The largest absolute Gasteiger partial charge is 0.383 e. The molecule has 0 saturated heterocycles. The Kier molecular flexibility index (Phi) is 9.71. The quantitative estimate of drug-likeness (QED) is 0.0830. The van der Waals surface area contributed by atoms with Crippen LogP contribution in [-0.2, 0) is 11.1 Å². The van der Waals surface area contributed by atoms with Crippen LogP contribution in [-0.4, -0.2) is 64.2 Å². The highest BCUT2D eigenvalue weighted by Gasteiger charge is 2.45. The van der Waals surface area contributed by atoms with Crippen molar-refractivity contribution in [3.63, 3.8) is 0 Å². The minimum atomic E-state index is -0.687. The van der Waals surface area contributed by atoms with Gasteiger partial charge in [-0.05, 0) is 134 Å². The van der Waals surface area contributed by atoms with Crippen LogP contribution in [0.2, 0.25) is 0 Å². The molecule has 7 aromatic heterocycles. The Bertz CT molecular complexity index is 3500. The topological polar surface area (TPSA) is 196 Å². The molecular weight excluding hydrogens is 845 g/mol. The van der Waals surface area contributed by atoms with Gasteiger partial charge in [-0.1, -0.05) is 36.4 Å². The third-order valence-corrected chi connectivity index (χ3v) is 14.1. The highest BCUT2D eigenvalue weighted by Crippen LogP contribution is 2.44. The number of aromatic nitrogens is 9. The number of nitrogens with one attached hydrogen (secondary N) is 2. The predicted molar refractivity (Wildman–Crippen MR) is 270 cm³/mol. The van der Waals surface area contributed by atoms with Crippen molar-refractivity contribution in [1.82, 2.24) is 44.0 Å². The number of imidazole rings is 2. The Morgan fingerprint density at radius 2 is 1.28 bits per heavy atom. The van der Waals surface area contributed by atoms with Gasteiger partial charge in [0.15, 0.2) is 22.9 Å². The first-order valence-electron chi connectivity index (χ1n) is 23.1. The van der Waals surface area contributed by atoms with Crippen LogP contribution in [0, 0.1) is 0 Å². The van der Waals surface area contributed by atoms with Gasteiger partial charge < -0.3 is 32.4 Å². The number of anilines is 3. The van der Waals surface area contributed by atoms with E-state index in [1.165, 1.54) is 0 Å². The summed E-state index contributed by atoms with van der Waals surface area (Å²) in [5.74, 6) is 2.45. The lowest BCUT2D eigenvalue weighted by molar-refractivity contribution is 0.219. The maximum Gasteiger partial charge on any atom is 0.165 e. The number of hydrogen-bond donors (Lipinski definition) is 5. The second-order valence-electron chi connectivity index (χ2n) is 18.4. The van der Waals surface area contributed by atoms with E-state index in [0.717, 1.165) is 116 Å². The molecule has 2 aliphatic carbocycles. The first-order chi connectivity index (χ1) is 33.1. The van der Waals surface area contributed by atoms with Crippen molar-refractivity contribution in [1.29, 1.82) is 0 Å². The smallest absolute Gasteiger partial charge is 0.165 e. The third-order valence-electron chi connectivity index (χ3n) is 14.1. The Morgan fingerprint density at radius 3 is 1.87 bits per heavy atom. The van der Waals surface area contributed by atoms with Crippen LogP contribution >= 0.6 is 0 Å². The lowest BCUT2D eigenvalue weighted by Gasteiger charge is -2.48. The molecule has 2 saturated carbocycles. The third kappa shape index (κ3) is 6.87. The number of H-pyrrole nitrogens is 1. The number of fused-ring (bicyclic) bond motifs is 2. The SMILES string of the molecule is CN(C)c1cccc(-c2ccc3nc(-c4cccnc4NC4CCC4(N)c4ccc(-n5c(-c6cccnc6N)nc6ccc(-c7cc[nH]c7)nc65)cc4)n(-c4ccc(C5(N)CCC5)cc4)c3n2)c1. The van der Waals surface area contributed by atoms with Crippen molar-refractivity contribution >= 4 is 39.7 Å². The fourth-order valence-corrected chi connectivity index (χ4v) is 9.84. The van der Waals surface area contributed by atoms with Gasteiger partial charge in [-0.15, -0.1) is 0 Å². The Hall–Kier alpha value is -8.20. The predicted octanol–water partition coefficient (Wildman–Crippen LogP) is 9.36. The monoisotopic (exact) mass is 894 g/mol. The van der Waals surface area contributed by atoms with Crippen molar-refractivity contribution < 1.29 is 0 Å². The normalized spacial score (nSPS) is 17.5. The number of nitrogens with zero attached hydrogens (tertiary/aromatic N) is 9. The van der Waals surface area contributed by atoms with E-state index < -0.39 is 5.54 Å². The summed E-state index contributed by atoms with van der Waals surface area (Å²) in [5.41, 5.74) is 33.0. The molecule has 68 heavy (non-hydrogen) atoms. The zero-order valence-corrected chi connectivity index (χ0v) is 37.8. The first kappa shape index (κ1) is 41.2. The maximum absolute atomic E-state index is 7.43. The number of nitrogens with two attached hydrogens (primary N) is 3. The summed E-state index contributed by atoms with van der Waals surface area (Å²) in [4.78, 5) is 35.3. The van der Waals surface area contributed by atoms with Crippen molar-refractivity contribution in [2.24, 2.45) is 11.5 Å². The van der Waals surface area contributed by atoms with E-state index in [1.807, 2.05) is 79.7 Å². The van der Waals surface area contributed by atoms with Crippen LogP contribution in [0.4, 0.5) is 17.3 Å². The van der Waals surface area contributed by atoms with Gasteiger partial charge in [0.1, 0.15) is 22.7 Å². The van der Waals surface area contributed by atoms with Crippen LogP contribution in [0.1, 0.15) is 43.2 Å². The van der Waals surface area contributed by atoms with Crippen molar-refractivity contribution in [3.05, 3.63) is 163 Å². The average molecular weight is 895 g/mol. The number of hydrogen-bond acceptors (Lipinski definition) is 11. The zero-order valence-electron chi connectivity index (χ0n) is 37.8. The molecule has 10 aromatic rings. The number of aromatic amines is 1. The molecule has 2 fully saturated rings. The van der Waals surface area contributed by atoms with E-state index in [1.54, 1.807) is 6.20 Å². The fraction of sp³-hybridized carbons (Fsp3) is 0.185. The molecule has 8 N–H and O–H groups in total. The van der Waals surface area contributed by atoms with Crippen molar-refractivity contribution in [3.8, 4) is 56.7 Å². The number of pyridine rings is 4. The molecule has 0 bridgehead atoms. The molecule has 7 heterocycles. The summed E-state index contributed by atoms with van der Waals surface area (Å²) in [5, 5.41) is 3.80. The molecular formula is C54H50N14. The molecule has 2 unspecified atom stereocenters. The molecule has 2 atom stereocenters. The first-order valence-corrected chi connectivity index (χ1v) is 23.1. The van der Waals surface area contributed by atoms with Crippen LogP contribution in [0.3, 0.4) is 0 Å². The zero-order chi connectivity index (χ0) is 46.1. The van der Waals surface area contributed by atoms with E-state index in [0.29, 0.717) is 23.1 Å². The summed E-state index contributed by atoms with van der Waals surface area (Å²) in [6, 6.07) is 43.1. The van der Waals surface area contributed by atoms with Crippen molar-refractivity contribution in [2.75, 3.05) is 30.0 Å². The van der Waals surface area contributed by atoms with Gasteiger partial charge in [0.25, 0.3) is 0 Å². The van der Waals surface area contributed by atoms with E-state index in [-0.39, 0.29) is 11.6 Å². The standard InChI is InChI=1S/C54H50N14/c1-66(2)39-8-3-7-33(31-39)42-19-21-45-51(61-42)68(37-15-11-35(12-16-37)53(56)25-6-26-53)50(64-45)41-10-5-29-60-48(41)65-46-23-27-54(46,57)36-13-17-38(18-14-36)67-49(40-9-4-28-59-47(40)55)63-44-22-20-43(62-52(44)67)34-24-30-58-32-34/h3-5,7-22,24,28-32,46,58H,6,23,25-27,56-57H2,1-2H3,(H2,55,59)(H,60,65). The van der Waals surface area contributed by atoms with Crippen LogP contribution in [0.15, 0.2) is 152 Å². The average Bonchev–Trinajstić information content (AvgIpc) is 4.13. The minimum Gasteiger partial charge on any atom is -0.383 e. The van der Waals surface area contributed by atoms with Crippen molar-refractivity contribution in [2.45, 2.75) is 49.2 Å². The van der Waals surface area contributed by atoms with E-state index >= 15 is 0 Å². The summed E-state index contributed by atoms with van der Waals surface area (Å²) < 4.78 is 4.19. The van der Waals surface area contributed by atoms with E-state index in [2.05, 4.69) is 110 Å². The highest BCUT2D eigenvalue weighted by atomic mass is 15.2. The molecule has 3 aromatic carbocycles. The van der Waals surface area contributed by atoms with Crippen LogP contribution < -0.4 is 27.4 Å². The van der Waals surface area contributed by atoms with E-state index in [4.69, 9.17) is 42.1 Å². The Balaban J connectivity index is 0.904. The van der Waals surface area contributed by atoms with Gasteiger partial charge in [0.2, 0.25) is 0 Å². The molecule has 0 radical (unpaired) electrons. The highest BCUT2D eigenvalue weighted by molar-refractivity contribution is 5.87. The number of nitrogen functional groups attached to an aromatic ring is 1. The number of benzene rings is 3. The molecule has 14 heteroatoms. The Morgan fingerprint density at radius 1 is 0.647 bits per heavy atom. The molecule has 0 aliphatic heterocycles.